The van der Waals surface area contributed by atoms with E-state index >= 15 is 0 Å². The molecule has 4 rings (SSSR count). The fourth-order valence-electron chi connectivity index (χ4n) is 3.52. The van der Waals surface area contributed by atoms with E-state index in [0.29, 0.717) is 28.3 Å². The first-order chi connectivity index (χ1) is 16.5. The van der Waals surface area contributed by atoms with Crippen LogP contribution in [0.25, 0.3) is 5.70 Å². The van der Waals surface area contributed by atoms with Crippen LogP contribution in [0.1, 0.15) is 32.6 Å². The average Bonchev–Trinajstić information content (AvgIpc) is 3.22. The molecule has 168 valence electrons. The summed E-state index contributed by atoms with van der Waals surface area (Å²) in [5.74, 6) is 0.147. The number of hydrogen-bond donors (Lipinski definition) is 2. The van der Waals surface area contributed by atoms with E-state index in [0.717, 1.165) is 11.1 Å². The molecule has 0 aliphatic carbocycles. The highest BCUT2D eigenvalue weighted by atomic mass is 16.5. The van der Waals surface area contributed by atoms with Crippen LogP contribution >= 0.6 is 0 Å². The molecular weight excluding hydrogens is 428 g/mol. The molecular formula is C27H22N4O3. The van der Waals surface area contributed by atoms with Gasteiger partial charge in [0, 0.05) is 23.2 Å². The summed E-state index contributed by atoms with van der Waals surface area (Å²) >= 11 is 0. The third-order valence-corrected chi connectivity index (χ3v) is 5.39. The number of benzene rings is 3. The molecule has 34 heavy (non-hydrogen) atoms. The first-order valence-corrected chi connectivity index (χ1v) is 10.6. The molecule has 1 aliphatic heterocycles. The lowest BCUT2D eigenvalue weighted by Crippen LogP contribution is -2.30. The topological polar surface area (TPSA) is 104 Å². The number of methoxy groups -OCH3 is 1. The Kier molecular flexibility index (Phi) is 6.51. The molecule has 2 N–H and O–H groups in total. The van der Waals surface area contributed by atoms with Crippen LogP contribution in [0.5, 0.6) is 5.75 Å². The van der Waals surface area contributed by atoms with Crippen molar-refractivity contribution in [1.29, 1.82) is 5.26 Å². The number of hydrogen-bond acceptors (Lipinski definition) is 5. The molecule has 0 spiro atoms. The van der Waals surface area contributed by atoms with E-state index in [2.05, 4.69) is 15.6 Å². The molecule has 7 heteroatoms. The Morgan fingerprint density at radius 1 is 0.971 bits per heavy atom. The standard InChI is InChI=1S/C27H22N4O3/c1-17-7-11-19(12-8-17)26(32)31-25-22-6-4-3-5-21(22)24(30-25)23(15-28)27(33)29-16-18-9-13-20(34-2)14-10-18/h3-14H,16H2,1-2H3,(H,29,33)(H,30,31,32)/b24-23+. The van der Waals surface area contributed by atoms with E-state index in [1.165, 1.54) is 0 Å². The molecule has 7 nitrogen and oxygen atoms in total. The summed E-state index contributed by atoms with van der Waals surface area (Å²) in [5.41, 5.74) is 3.75. The predicted octanol–water partition coefficient (Wildman–Crippen LogP) is 3.74. The van der Waals surface area contributed by atoms with Crippen LogP contribution in [0.4, 0.5) is 0 Å². The zero-order valence-corrected chi connectivity index (χ0v) is 18.8. The first-order valence-electron chi connectivity index (χ1n) is 10.6. The van der Waals surface area contributed by atoms with E-state index in [-0.39, 0.29) is 23.7 Å². The molecule has 1 aliphatic rings. The van der Waals surface area contributed by atoms with Crippen LogP contribution in [-0.2, 0) is 11.3 Å². The van der Waals surface area contributed by atoms with Crippen molar-refractivity contribution in [2.75, 3.05) is 7.11 Å². The Labute approximate surface area is 197 Å². The van der Waals surface area contributed by atoms with Gasteiger partial charge in [-0.2, -0.15) is 5.26 Å². The van der Waals surface area contributed by atoms with E-state index in [4.69, 9.17) is 4.74 Å². The summed E-state index contributed by atoms with van der Waals surface area (Å²) in [5, 5.41) is 15.4. The van der Waals surface area contributed by atoms with Gasteiger partial charge in [-0.25, -0.2) is 4.99 Å². The lowest BCUT2D eigenvalue weighted by molar-refractivity contribution is -0.117. The number of ether oxygens (including phenoxy) is 1. The number of carbonyl (C=O) groups is 2. The van der Waals surface area contributed by atoms with Gasteiger partial charge in [-0.1, -0.05) is 54.1 Å². The molecule has 0 bridgehead atoms. The van der Waals surface area contributed by atoms with Gasteiger partial charge in [0.05, 0.1) is 12.8 Å². The summed E-state index contributed by atoms with van der Waals surface area (Å²) in [6, 6.07) is 23.6. The highest BCUT2D eigenvalue weighted by Crippen LogP contribution is 2.30. The summed E-state index contributed by atoms with van der Waals surface area (Å²) < 4.78 is 5.14. The fourth-order valence-corrected chi connectivity index (χ4v) is 3.52. The van der Waals surface area contributed by atoms with Crippen molar-refractivity contribution in [2.24, 2.45) is 4.99 Å². The Morgan fingerprint density at radius 2 is 1.65 bits per heavy atom. The van der Waals surface area contributed by atoms with Crippen LogP contribution in [0, 0.1) is 18.3 Å². The maximum atomic E-state index is 12.9. The second-order valence-corrected chi connectivity index (χ2v) is 7.69. The Morgan fingerprint density at radius 3 is 2.29 bits per heavy atom. The van der Waals surface area contributed by atoms with Gasteiger partial charge in [-0.3, -0.25) is 9.59 Å². The Bertz CT molecular complexity index is 1350. The third kappa shape index (κ3) is 4.71. The van der Waals surface area contributed by atoms with Crippen molar-refractivity contribution < 1.29 is 14.3 Å². The maximum Gasteiger partial charge on any atom is 0.264 e. The molecule has 0 atom stereocenters. The van der Waals surface area contributed by atoms with Crippen LogP contribution in [-0.4, -0.2) is 24.8 Å². The van der Waals surface area contributed by atoms with Gasteiger partial charge < -0.3 is 15.4 Å². The number of nitriles is 1. The molecule has 0 fully saturated rings. The molecule has 3 aromatic rings. The maximum absolute atomic E-state index is 12.9. The SMILES string of the molecule is COc1ccc(CNC(=O)/C(C#N)=C2/N=C(NC(=O)c3ccc(C)cc3)c3ccccc32)cc1. The number of aliphatic imine (C=N–C) groups is 1. The van der Waals surface area contributed by atoms with Crippen LogP contribution in [0.2, 0.25) is 0 Å². The third-order valence-electron chi connectivity index (χ3n) is 5.39. The number of amidine groups is 1. The summed E-state index contributed by atoms with van der Waals surface area (Å²) in [6.07, 6.45) is 0. The van der Waals surface area contributed by atoms with Gasteiger partial charge in [0.25, 0.3) is 11.8 Å². The molecule has 2 amide bonds. The highest BCUT2D eigenvalue weighted by Gasteiger charge is 2.27. The summed E-state index contributed by atoms with van der Waals surface area (Å²) in [6.45, 7) is 2.18. The van der Waals surface area contributed by atoms with Crippen molar-refractivity contribution in [3.63, 3.8) is 0 Å². The van der Waals surface area contributed by atoms with Crippen LogP contribution in [0.15, 0.2) is 83.4 Å². The molecule has 0 aromatic heterocycles. The molecule has 0 unspecified atom stereocenters. The lowest BCUT2D eigenvalue weighted by atomic mass is 10.0. The van der Waals surface area contributed by atoms with E-state index in [1.807, 2.05) is 43.3 Å². The summed E-state index contributed by atoms with van der Waals surface area (Å²) in [4.78, 5) is 30.1. The Balaban J connectivity index is 1.59. The molecule has 1 heterocycles. The van der Waals surface area contributed by atoms with Crippen molar-refractivity contribution in [3.8, 4) is 11.8 Å². The second-order valence-electron chi connectivity index (χ2n) is 7.69. The van der Waals surface area contributed by atoms with Gasteiger partial charge in [-0.05, 0) is 36.8 Å². The smallest absolute Gasteiger partial charge is 0.264 e. The minimum Gasteiger partial charge on any atom is -0.497 e. The first kappa shape index (κ1) is 22.5. The fraction of sp³-hybridized carbons (Fsp3) is 0.111. The quantitative estimate of drug-likeness (QED) is 0.456. The van der Waals surface area contributed by atoms with Gasteiger partial charge in [0.2, 0.25) is 0 Å². The van der Waals surface area contributed by atoms with E-state index in [1.54, 1.807) is 49.6 Å². The van der Waals surface area contributed by atoms with Gasteiger partial charge in [-0.15, -0.1) is 0 Å². The number of nitrogens with one attached hydrogen (secondary N) is 2. The van der Waals surface area contributed by atoms with Crippen molar-refractivity contribution in [2.45, 2.75) is 13.5 Å². The normalized spacial score (nSPS) is 13.3. The Hall–Kier alpha value is -4.70. The summed E-state index contributed by atoms with van der Waals surface area (Å²) in [7, 11) is 1.58. The predicted molar refractivity (Wildman–Crippen MR) is 129 cm³/mol. The number of fused-ring (bicyclic) bond motifs is 1. The highest BCUT2D eigenvalue weighted by molar-refractivity contribution is 6.20. The van der Waals surface area contributed by atoms with Crippen molar-refractivity contribution in [1.82, 2.24) is 10.6 Å². The molecule has 3 aromatic carbocycles. The number of amides is 2. The minimum atomic E-state index is -0.544. The van der Waals surface area contributed by atoms with E-state index in [9.17, 15) is 14.9 Å². The van der Waals surface area contributed by atoms with Crippen molar-refractivity contribution >= 4 is 23.3 Å². The second kappa shape index (κ2) is 9.84. The molecule has 0 saturated carbocycles. The zero-order valence-electron chi connectivity index (χ0n) is 18.8. The number of nitrogens with zero attached hydrogens (tertiary/aromatic N) is 2. The largest absolute Gasteiger partial charge is 0.497 e. The van der Waals surface area contributed by atoms with Crippen LogP contribution < -0.4 is 15.4 Å². The van der Waals surface area contributed by atoms with E-state index < -0.39 is 5.91 Å². The molecule has 0 saturated heterocycles. The minimum absolute atomic E-state index is 0.124. The van der Waals surface area contributed by atoms with Crippen LogP contribution in [0.3, 0.4) is 0 Å². The average molecular weight is 450 g/mol. The van der Waals surface area contributed by atoms with Crippen molar-refractivity contribution in [3.05, 3.63) is 106 Å². The lowest BCUT2D eigenvalue weighted by Gasteiger charge is -2.07. The number of rotatable bonds is 5. The number of aryl methyl sites for hydroxylation is 1. The number of carbonyl (C=O) groups excluding carboxylic acids is 2. The van der Waals surface area contributed by atoms with Gasteiger partial charge >= 0.3 is 0 Å². The monoisotopic (exact) mass is 450 g/mol. The zero-order chi connectivity index (χ0) is 24.1. The van der Waals surface area contributed by atoms with Gasteiger partial charge in [0.15, 0.2) is 0 Å². The van der Waals surface area contributed by atoms with Gasteiger partial charge in [0.1, 0.15) is 23.2 Å². The molecule has 0 radical (unpaired) electrons.